The molecule has 2 aromatic rings. The fourth-order valence-corrected chi connectivity index (χ4v) is 4.31. The molecule has 0 spiro atoms. The van der Waals surface area contributed by atoms with Gasteiger partial charge in [-0.05, 0) is 50.6 Å². The topological polar surface area (TPSA) is 80.8 Å². The zero-order valence-electron chi connectivity index (χ0n) is 19.3. The lowest BCUT2D eigenvalue weighted by molar-refractivity contribution is -0.117. The van der Waals surface area contributed by atoms with E-state index in [0.717, 1.165) is 37.4 Å². The summed E-state index contributed by atoms with van der Waals surface area (Å²) in [5, 5.41) is 6.01. The molecule has 32 heavy (non-hydrogen) atoms. The third-order valence-electron chi connectivity index (χ3n) is 6.22. The van der Waals surface area contributed by atoms with Crippen LogP contribution in [0, 0.1) is 0 Å². The number of pyridine rings is 1. The van der Waals surface area contributed by atoms with Gasteiger partial charge >= 0.3 is 0 Å². The van der Waals surface area contributed by atoms with E-state index in [4.69, 9.17) is 0 Å². The first kappa shape index (κ1) is 22.2. The molecule has 2 aliphatic rings. The Morgan fingerprint density at radius 3 is 2.47 bits per heavy atom. The van der Waals surface area contributed by atoms with E-state index in [1.54, 1.807) is 18.3 Å². The number of rotatable bonds is 4. The summed E-state index contributed by atoms with van der Waals surface area (Å²) in [6.45, 7) is 10.8. The molecule has 1 atom stereocenters. The van der Waals surface area contributed by atoms with E-state index in [2.05, 4.69) is 46.2 Å². The number of hydrogen-bond acceptors (Lipinski definition) is 6. The molecule has 1 aromatic carbocycles. The normalized spacial score (nSPS) is 19.9. The molecule has 2 amide bonds. The van der Waals surface area contributed by atoms with Crippen LogP contribution in [-0.4, -0.2) is 71.9 Å². The fourth-order valence-electron chi connectivity index (χ4n) is 4.31. The number of hydrogen-bond donors (Lipinski definition) is 2. The van der Waals surface area contributed by atoms with E-state index in [-0.39, 0.29) is 23.5 Å². The van der Waals surface area contributed by atoms with Gasteiger partial charge < -0.3 is 15.5 Å². The molecule has 0 bridgehead atoms. The second kappa shape index (κ2) is 8.88. The highest BCUT2D eigenvalue weighted by molar-refractivity contribution is 6.01. The van der Waals surface area contributed by atoms with Crippen LogP contribution in [0.4, 0.5) is 11.5 Å². The number of carbonyl (C=O) groups is 2. The molecule has 1 unspecified atom stereocenters. The lowest BCUT2D eigenvalue weighted by atomic mass is 10.1. The third-order valence-corrected chi connectivity index (χ3v) is 6.22. The lowest BCUT2D eigenvalue weighted by Crippen LogP contribution is -2.54. The van der Waals surface area contributed by atoms with Crippen LogP contribution < -0.4 is 15.5 Å². The van der Waals surface area contributed by atoms with Gasteiger partial charge in [0.2, 0.25) is 5.91 Å². The van der Waals surface area contributed by atoms with Gasteiger partial charge in [-0.3, -0.25) is 19.4 Å². The smallest absolute Gasteiger partial charge is 0.256 e. The van der Waals surface area contributed by atoms with E-state index >= 15 is 0 Å². The molecule has 0 aliphatic carbocycles. The van der Waals surface area contributed by atoms with Crippen LogP contribution in [0.3, 0.4) is 0 Å². The molecule has 3 heterocycles. The Balaban J connectivity index is 1.34. The lowest BCUT2D eigenvalue weighted by Gasteiger charge is -2.42. The third kappa shape index (κ3) is 4.76. The Bertz CT molecular complexity index is 977. The van der Waals surface area contributed by atoms with Crippen molar-refractivity contribution >= 4 is 23.3 Å². The van der Waals surface area contributed by atoms with Crippen molar-refractivity contribution in [2.24, 2.45) is 0 Å². The number of fused-ring (bicyclic) bond motifs is 1. The summed E-state index contributed by atoms with van der Waals surface area (Å²) in [5.41, 5.74) is 2.41. The van der Waals surface area contributed by atoms with Gasteiger partial charge in [-0.2, -0.15) is 0 Å². The number of nitrogens with zero attached hydrogens (tertiary/aromatic N) is 4. The van der Waals surface area contributed by atoms with E-state index in [1.807, 2.05) is 36.2 Å². The molecule has 1 saturated heterocycles. The number of carbonyl (C=O) groups excluding carboxylic acids is 2. The summed E-state index contributed by atoms with van der Waals surface area (Å²) >= 11 is 0. The van der Waals surface area contributed by atoms with E-state index in [0.29, 0.717) is 17.9 Å². The summed E-state index contributed by atoms with van der Waals surface area (Å²) in [5.74, 6) is 0.508. The fraction of sp³-hybridized carbons (Fsp3) is 0.458. The Kier molecular flexibility index (Phi) is 6.17. The SMILES string of the molecule is CN1c2ncccc2C(=O)NC1c1ccc(NC(=O)CN2CCN(C(C)(C)C)CC2)cc1. The maximum absolute atomic E-state index is 12.5. The van der Waals surface area contributed by atoms with Gasteiger partial charge in [0.05, 0.1) is 12.1 Å². The van der Waals surface area contributed by atoms with Gasteiger partial charge in [0.15, 0.2) is 0 Å². The first-order valence-corrected chi connectivity index (χ1v) is 11.1. The molecule has 8 heteroatoms. The minimum Gasteiger partial charge on any atom is -0.335 e. The largest absolute Gasteiger partial charge is 0.335 e. The first-order valence-electron chi connectivity index (χ1n) is 11.1. The van der Waals surface area contributed by atoms with Crippen LogP contribution in [0.2, 0.25) is 0 Å². The van der Waals surface area contributed by atoms with E-state index in [9.17, 15) is 9.59 Å². The van der Waals surface area contributed by atoms with Crippen LogP contribution in [0.25, 0.3) is 0 Å². The molecule has 0 radical (unpaired) electrons. The summed E-state index contributed by atoms with van der Waals surface area (Å²) in [4.78, 5) is 35.9. The molecule has 4 rings (SSSR count). The summed E-state index contributed by atoms with van der Waals surface area (Å²) in [7, 11) is 1.91. The van der Waals surface area contributed by atoms with Crippen molar-refractivity contribution in [1.82, 2.24) is 20.1 Å². The van der Waals surface area contributed by atoms with Gasteiger partial charge in [-0.1, -0.05) is 12.1 Å². The number of piperazine rings is 1. The van der Waals surface area contributed by atoms with Crippen LogP contribution in [0.5, 0.6) is 0 Å². The van der Waals surface area contributed by atoms with Crippen LogP contribution in [0.1, 0.15) is 42.9 Å². The number of nitrogens with one attached hydrogen (secondary N) is 2. The molecular weight excluding hydrogens is 404 g/mol. The predicted octanol–water partition coefficient (Wildman–Crippen LogP) is 2.31. The second-order valence-corrected chi connectivity index (χ2v) is 9.47. The van der Waals surface area contributed by atoms with Gasteiger partial charge in [0.25, 0.3) is 5.91 Å². The highest BCUT2D eigenvalue weighted by Crippen LogP contribution is 2.30. The van der Waals surface area contributed by atoms with Gasteiger partial charge in [-0.25, -0.2) is 4.98 Å². The quantitative estimate of drug-likeness (QED) is 0.766. The molecular formula is C24H32N6O2. The zero-order chi connectivity index (χ0) is 22.9. The summed E-state index contributed by atoms with van der Waals surface area (Å²) in [6.07, 6.45) is 1.38. The van der Waals surface area contributed by atoms with Crippen molar-refractivity contribution in [1.29, 1.82) is 0 Å². The highest BCUT2D eigenvalue weighted by atomic mass is 16.2. The van der Waals surface area contributed by atoms with Crippen LogP contribution in [-0.2, 0) is 4.79 Å². The Labute approximate surface area is 189 Å². The predicted molar refractivity (Wildman–Crippen MR) is 126 cm³/mol. The van der Waals surface area contributed by atoms with Gasteiger partial charge in [0.1, 0.15) is 12.0 Å². The number of aromatic nitrogens is 1. The monoisotopic (exact) mass is 436 g/mol. The standard InChI is InChI=1S/C24H32N6O2/c1-24(2,3)30-14-12-29(13-15-30)16-20(31)26-18-9-7-17(8-10-18)21-27-23(32)19-6-5-11-25-22(19)28(21)4/h5-11,21H,12-16H2,1-4H3,(H,26,31)(H,27,32). The summed E-state index contributed by atoms with van der Waals surface area (Å²) < 4.78 is 0. The minimum absolute atomic E-state index is 0.0110. The average molecular weight is 437 g/mol. The maximum atomic E-state index is 12.5. The van der Waals surface area contributed by atoms with Crippen molar-refractivity contribution in [2.75, 3.05) is 50.0 Å². The highest BCUT2D eigenvalue weighted by Gasteiger charge is 2.30. The first-order chi connectivity index (χ1) is 15.2. The Morgan fingerprint density at radius 1 is 1.12 bits per heavy atom. The van der Waals surface area contributed by atoms with Crippen molar-refractivity contribution in [3.05, 3.63) is 53.7 Å². The Hall–Kier alpha value is -2.97. The zero-order valence-corrected chi connectivity index (χ0v) is 19.3. The van der Waals surface area contributed by atoms with Gasteiger partial charge in [-0.15, -0.1) is 0 Å². The molecule has 1 fully saturated rings. The minimum atomic E-state index is -0.311. The second-order valence-electron chi connectivity index (χ2n) is 9.47. The van der Waals surface area contributed by atoms with Crippen molar-refractivity contribution in [2.45, 2.75) is 32.5 Å². The molecule has 0 saturated carbocycles. The molecule has 8 nitrogen and oxygen atoms in total. The van der Waals surface area contributed by atoms with Crippen LogP contribution >= 0.6 is 0 Å². The molecule has 2 N–H and O–H groups in total. The maximum Gasteiger partial charge on any atom is 0.256 e. The van der Waals surface area contributed by atoms with Gasteiger partial charge in [0, 0.05) is 50.6 Å². The number of amides is 2. The number of anilines is 2. The Morgan fingerprint density at radius 2 is 1.81 bits per heavy atom. The number of benzene rings is 1. The van der Waals surface area contributed by atoms with E-state index < -0.39 is 0 Å². The van der Waals surface area contributed by atoms with Crippen molar-refractivity contribution in [3.8, 4) is 0 Å². The van der Waals surface area contributed by atoms with Crippen LogP contribution in [0.15, 0.2) is 42.6 Å². The van der Waals surface area contributed by atoms with Crippen molar-refractivity contribution < 1.29 is 9.59 Å². The molecule has 170 valence electrons. The van der Waals surface area contributed by atoms with Crippen molar-refractivity contribution in [3.63, 3.8) is 0 Å². The summed E-state index contributed by atoms with van der Waals surface area (Å²) in [6, 6.07) is 11.1. The molecule has 1 aromatic heterocycles. The molecule has 2 aliphatic heterocycles. The average Bonchev–Trinajstić information content (AvgIpc) is 2.76. The van der Waals surface area contributed by atoms with E-state index in [1.165, 1.54) is 0 Å².